The average molecular weight is 362 g/mol. The number of ether oxygens (including phenoxy) is 1. The fourth-order valence-corrected chi connectivity index (χ4v) is 4.25. The summed E-state index contributed by atoms with van der Waals surface area (Å²) >= 11 is 0. The lowest BCUT2D eigenvalue weighted by atomic mass is 10.1. The van der Waals surface area contributed by atoms with Gasteiger partial charge in [-0.2, -0.15) is 0 Å². The van der Waals surface area contributed by atoms with E-state index in [4.69, 9.17) is 4.74 Å². The second kappa shape index (κ2) is 9.01. The minimum atomic E-state index is -3.12. The molecule has 2 heterocycles. The molecule has 0 aromatic carbocycles. The van der Waals surface area contributed by atoms with Gasteiger partial charge in [0.2, 0.25) is 10.0 Å². The Morgan fingerprint density at radius 2 is 2.00 bits per heavy atom. The maximum absolute atomic E-state index is 12.3. The van der Waals surface area contributed by atoms with E-state index in [0.717, 1.165) is 51.8 Å². The first kappa shape index (κ1) is 19.5. The summed E-state index contributed by atoms with van der Waals surface area (Å²) in [6.45, 7) is 5.97. The van der Waals surface area contributed by atoms with Gasteiger partial charge >= 0.3 is 6.03 Å². The van der Waals surface area contributed by atoms with E-state index in [1.165, 1.54) is 10.6 Å². The summed E-state index contributed by atoms with van der Waals surface area (Å²) < 4.78 is 30.3. The third-order valence-electron chi connectivity index (χ3n) is 4.78. The summed E-state index contributed by atoms with van der Waals surface area (Å²) in [5.74, 6) is 0.205. The molecule has 0 radical (unpaired) electrons. The molecule has 0 saturated carbocycles. The lowest BCUT2D eigenvalue weighted by Crippen LogP contribution is -2.43. The summed E-state index contributed by atoms with van der Waals surface area (Å²) in [4.78, 5) is 14.2. The first-order chi connectivity index (χ1) is 11.4. The van der Waals surface area contributed by atoms with Crippen molar-refractivity contribution in [2.75, 3.05) is 45.6 Å². The van der Waals surface area contributed by atoms with E-state index < -0.39 is 10.0 Å². The van der Waals surface area contributed by atoms with Gasteiger partial charge in [-0.25, -0.2) is 17.5 Å². The zero-order valence-electron chi connectivity index (χ0n) is 14.9. The standard InChI is InChI=1S/C16H31N3O4S/c1-3-11-23-15-5-4-8-18(9-7-15)16(20)17-12-14-6-10-19(13-14)24(2,21)22/h14-15H,3-13H2,1-2H3,(H,17,20). The van der Waals surface area contributed by atoms with E-state index in [2.05, 4.69) is 12.2 Å². The number of hydrogen-bond donors (Lipinski definition) is 1. The maximum Gasteiger partial charge on any atom is 0.317 e. The van der Waals surface area contributed by atoms with Gasteiger partial charge in [0.05, 0.1) is 12.4 Å². The van der Waals surface area contributed by atoms with E-state index in [0.29, 0.717) is 19.6 Å². The molecule has 24 heavy (non-hydrogen) atoms. The molecule has 2 amide bonds. The molecular formula is C16H31N3O4S. The maximum atomic E-state index is 12.3. The molecule has 1 N–H and O–H groups in total. The Morgan fingerprint density at radius 1 is 1.21 bits per heavy atom. The number of carbonyl (C=O) groups is 1. The van der Waals surface area contributed by atoms with E-state index in [1.807, 2.05) is 4.90 Å². The van der Waals surface area contributed by atoms with Crippen LogP contribution in [0.25, 0.3) is 0 Å². The molecule has 140 valence electrons. The number of urea groups is 1. The van der Waals surface area contributed by atoms with Crippen molar-refractivity contribution in [1.29, 1.82) is 0 Å². The number of carbonyl (C=O) groups excluding carboxylic acids is 1. The molecule has 0 aliphatic carbocycles. The summed E-state index contributed by atoms with van der Waals surface area (Å²) in [6.07, 6.45) is 6.19. The number of rotatable bonds is 6. The number of hydrogen-bond acceptors (Lipinski definition) is 4. The van der Waals surface area contributed by atoms with Crippen LogP contribution in [-0.2, 0) is 14.8 Å². The molecule has 0 aromatic heterocycles. The van der Waals surface area contributed by atoms with Crippen molar-refractivity contribution in [3.05, 3.63) is 0 Å². The topological polar surface area (TPSA) is 79.0 Å². The van der Waals surface area contributed by atoms with Gasteiger partial charge in [-0.3, -0.25) is 0 Å². The Kier molecular flexibility index (Phi) is 7.31. The van der Waals surface area contributed by atoms with Gasteiger partial charge in [-0.05, 0) is 38.0 Å². The van der Waals surface area contributed by atoms with Gasteiger partial charge in [0.15, 0.2) is 0 Å². The molecular weight excluding hydrogens is 330 g/mol. The molecule has 7 nitrogen and oxygen atoms in total. The van der Waals surface area contributed by atoms with Crippen LogP contribution < -0.4 is 5.32 Å². The normalized spacial score (nSPS) is 26.3. The second-order valence-corrected chi connectivity index (χ2v) is 8.85. The largest absolute Gasteiger partial charge is 0.378 e. The Labute approximate surface area is 145 Å². The number of nitrogens with one attached hydrogen (secondary N) is 1. The molecule has 2 atom stereocenters. The van der Waals surface area contributed by atoms with E-state index in [-0.39, 0.29) is 18.1 Å². The highest BCUT2D eigenvalue weighted by Gasteiger charge is 2.29. The smallest absolute Gasteiger partial charge is 0.317 e. The summed E-state index contributed by atoms with van der Waals surface area (Å²) in [6, 6.07) is -0.0380. The van der Waals surface area contributed by atoms with E-state index in [9.17, 15) is 13.2 Å². The van der Waals surface area contributed by atoms with Crippen molar-refractivity contribution in [3.8, 4) is 0 Å². The van der Waals surface area contributed by atoms with Crippen LogP contribution in [0.1, 0.15) is 39.0 Å². The second-order valence-electron chi connectivity index (χ2n) is 6.87. The summed E-state index contributed by atoms with van der Waals surface area (Å²) in [7, 11) is -3.12. The number of amides is 2. The molecule has 0 spiro atoms. The third kappa shape index (κ3) is 5.89. The van der Waals surface area contributed by atoms with Crippen LogP contribution in [0, 0.1) is 5.92 Å². The van der Waals surface area contributed by atoms with E-state index >= 15 is 0 Å². The third-order valence-corrected chi connectivity index (χ3v) is 6.05. The van der Waals surface area contributed by atoms with Crippen LogP contribution >= 0.6 is 0 Å². The predicted octanol–water partition coefficient (Wildman–Crippen LogP) is 1.26. The minimum Gasteiger partial charge on any atom is -0.378 e. The molecule has 2 aliphatic heterocycles. The van der Waals surface area contributed by atoms with E-state index in [1.54, 1.807) is 0 Å². The fourth-order valence-electron chi connectivity index (χ4n) is 3.33. The predicted molar refractivity (Wildman–Crippen MR) is 93.4 cm³/mol. The zero-order valence-corrected chi connectivity index (χ0v) is 15.7. The Balaban J connectivity index is 1.71. The first-order valence-corrected chi connectivity index (χ1v) is 10.8. The highest BCUT2D eigenvalue weighted by atomic mass is 32.2. The fraction of sp³-hybridized carbons (Fsp3) is 0.938. The molecule has 2 unspecified atom stereocenters. The quantitative estimate of drug-likeness (QED) is 0.772. The molecule has 0 bridgehead atoms. The van der Waals surface area contributed by atoms with Gasteiger partial charge < -0.3 is 15.0 Å². The monoisotopic (exact) mass is 361 g/mol. The van der Waals surface area contributed by atoms with Crippen LogP contribution in [0.15, 0.2) is 0 Å². The highest BCUT2D eigenvalue weighted by Crippen LogP contribution is 2.18. The first-order valence-electron chi connectivity index (χ1n) is 8.99. The van der Waals surface area contributed by atoms with Crippen molar-refractivity contribution in [2.24, 2.45) is 5.92 Å². The summed E-state index contributed by atoms with van der Waals surface area (Å²) in [5.41, 5.74) is 0. The molecule has 8 heteroatoms. The van der Waals surface area contributed by atoms with Gasteiger partial charge in [-0.1, -0.05) is 6.92 Å². The molecule has 2 aliphatic rings. The van der Waals surface area contributed by atoms with Crippen molar-refractivity contribution in [2.45, 2.75) is 45.1 Å². The molecule has 2 rings (SSSR count). The zero-order chi connectivity index (χ0) is 17.6. The Bertz CT molecular complexity index is 511. The van der Waals surface area contributed by atoms with Gasteiger partial charge in [0, 0.05) is 39.3 Å². The van der Waals surface area contributed by atoms with Crippen LogP contribution in [-0.4, -0.2) is 75.3 Å². The molecule has 2 fully saturated rings. The van der Waals surface area contributed by atoms with Gasteiger partial charge in [0.1, 0.15) is 0 Å². The SMILES string of the molecule is CCCOC1CCCN(C(=O)NCC2CCN(S(C)(=O)=O)C2)CC1. The van der Waals surface area contributed by atoms with Gasteiger partial charge in [0.25, 0.3) is 0 Å². The van der Waals surface area contributed by atoms with Crippen LogP contribution in [0.5, 0.6) is 0 Å². The number of likely N-dealkylation sites (tertiary alicyclic amines) is 1. The lowest BCUT2D eigenvalue weighted by molar-refractivity contribution is 0.0445. The average Bonchev–Trinajstić information content (AvgIpc) is 2.89. The van der Waals surface area contributed by atoms with Crippen LogP contribution in [0.3, 0.4) is 0 Å². The number of sulfonamides is 1. The molecule has 0 aromatic rings. The summed E-state index contributed by atoms with van der Waals surface area (Å²) in [5, 5.41) is 2.98. The van der Waals surface area contributed by atoms with Crippen LogP contribution in [0.4, 0.5) is 4.79 Å². The van der Waals surface area contributed by atoms with Crippen molar-refractivity contribution in [1.82, 2.24) is 14.5 Å². The van der Waals surface area contributed by atoms with Gasteiger partial charge in [-0.15, -0.1) is 0 Å². The highest BCUT2D eigenvalue weighted by molar-refractivity contribution is 7.88. The number of nitrogens with zero attached hydrogens (tertiary/aromatic N) is 2. The minimum absolute atomic E-state index is 0.0380. The van der Waals surface area contributed by atoms with Crippen molar-refractivity contribution < 1.29 is 17.9 Å². The Morgan fingerprint density at radius 3 is 2.67 bits per heavy atom. The van der Waals surface area contributed by atoms with Crippen molar-refractivity contribution >= 4 is 16.1 Å². The molecule has 2 saturated heterocycles. The Hall–Kier alpha value is -0.860. The lowest BCUT2D eigenvalue weighted by Gasteiger charge is -2.22. The van der Waals surface area contributed by atoms with Crippen LogP contribution in [0.2, 0.25) is 0 Å². The van der Waals surface area contributed by atoms with Crippen molar-refractivity contribution in [3.63, 3.8) is 0 Å².